The lowest BCUT2D eigenvalue weighted by atomic mass is 10.1. The number of halogens is 2. The molecule has 0 aromatic heterocycles. The van der Waals surface area contributed by atoms with Crippen molar-refractivity contribution in [2.75, 3.05) is 5.32 Å². The van der Waals surface area contributed by atoms with E-state index in [4.69, 9.17) is 0 Å². The third kappa shape index (κ3) is 4.01. The van der Waals surface area contributed by atoms with E-state index in [1.54, 1.807) is 0 Å². The number of hydrogen-bond donors (Lipinski definition) is 2. The highest BCUT2D eigenvalue weighted by Gasteiger charge is 2.12. The van der Waals surface area contributed by atoms with Gasteiger partial charge >= 0.3 is 6.03 Å². The number of hydrogen-bond acceptors (Lipinski definition) is 1. The highest BCUT2D eigenvalue weighted by molar-refractivity contribution is 5.89. The number of carbonyl (C=O) groups is 1. The van der Waals surface area contributed by atoms with Gasteiger partial charge in [-0.05, 0) is 25.0 Å². The van der Waals surface area contributed by atoms with Crippen LogP contribution in [0.1, 0.15) is 20.8 Å². The van der Waals surface area contributed by atoms with Gasteiger partial charge < -0.3 is 10.6 Å². The van der Waals surface area contributed by atoms with Gasteiger partial charge in [-0.1, -0.05) is 13.8 Å². The molecule has 0 aliphatic heterocycles. The Labute approximate surface area is 99.2 Å². The van der Waals surface area contributed by atoms with Crippen molar-refractivity contribution in [2.24, 2.45) is 5.92 Å². The van der Waals surface area contributed by atoms with Crippen molar-refractivity contribution < 1.29 is 13.6 Å². The molecule has 0 spiro atoms. The molecular formula is C12H16F2N2O. The topological polar surface area (TPSA) is 41.1 Å². The van der Waals surface area contributed by atoms with E-state index in [1.165, 1.54) is 6.07 Å². The van der Waals surface area contributed by atoms with E-state index >= 15 is 0 Å². The monoisotopic (exact) mass is 242 g/mol. The van der Waals surface area contributed by atoms with E-state index in [0.29, 0.717) is 0 Å². The first-order valence-corrected chi connectivity index (χ1v) is 5.42. The van der Waals surface area contributed by atoms with Crippen LogP contribution in [0.25, 0.3) is 0 Å². The lowest BCUT2D eigenvalue weighted by Crippen LogP contribution is -2.39. The first kappa shape index (κ1) is 13.4. The molecule has 94 valence electrons. The standard InChI is InChI=1S/C12H16F2N2O/c1-7(2)8(3)15-12(17)16-11-5-4-9(13)6-10(11)14/h4-8H,1-3H3,(H2,15,16,17). The number of carbonyl (C=O) groups excluding carboxylic acids is 1. The van der Waals surface area contributed by atoms with Crippen LogP contribution in [0.4, 0.5) is 19.3 Å². The second kappa shape index (κ2) is 5.61. The summed E-state index contributed by atoms with van der Waals surface area (Å²) in [6.45, 7) is 5.78. The van der Waals surface area contributed by atoms with Crippen molar-refractivity contribution in [2.45, 2.75) is 26.8 Å². The SMILES string of the molecule is CC(C)C(C)NC(=O)Nc1ccc(F)cc1F. The zero-order valence-electron chi connectivity index (χ0n) is 10.1. The van der Waals surface area contributed by atoms with Crippen molar-refractivity contribution in [3.05, 3.63) is 29.8 Å². The number of urea groups is 1. The minimum atomic E-state index is -0.794. The molecule has 2 amide bonds. The maximum atomic E-state index is 13.2. The zero-order valence-corrected chi connectivity index (χ0v) is 10.1. The van der Waals surface area contributed by atoms with E-state index in [9.17, 15) is 13.6 Å². The van der Waals surface area contributed by atoms with E-state index in [0.717, 1.165) is 12.1 Å². The van der Waals surface area contributed by atoms with Gasteiger partial charge in [-0.3, -0.25) is 0 Å². The Kier molecular flexibility index (Phi) is 4.43. The maximum Gasteiger partial charge on any atom is 0.319 e. The van der Waals surface area contributed by atoms with Gasteiger partial charge in [0.15, 0.2) is 0 Å². The number of anilines is 1. The minimum absolute atomic E-state index is 0.0292. The van der Waals surface area contributed by atoms with Crippen LogP contribution in [-0.4, -0.2) is 12.1 Å². The van der Waals surface area contributed by atoms with Crippen molar-refractivity contribution >= 4 is 11.7 Å². The van der Waals surface area contributed by atoms with Crippen LogP contribution < -0.4 is 10.6 Å². The molecule has 0 aliphatic carbocycles. The fraction of sp³-hybridized carbons (Fsp3) is 0.417. The first-order chi connectivity index (χ1) is 7.90. The van der Waals surface area contributed by atoms with E-state index in [1.807, 2.05) is 20.8 Å². The van der Waals surface area contributed by atoms with Gasteiger partial charge in [-0.25, -0.2) is 13.6 Å². The lowest BCUT2D eigenvalue weighted by molar-refractivity contribution is 0.246. The molecule has 0 bridgehead atoms. The van der Waals surface area contributed by atoms with Gasteiger partial charge in [0, 0.05) is 12.1 Å². The van der Waals surface area contributed by atoms with Crippen LogP contribution in [-0.2, 0) is 0 Å². The maximum absolute atomic E-state index is 13.2. The van der Waals surface area contributed by atoms with Crippen LogP contribution >= 0.6 is 0 Å². The molecular weight excluding hydrogens is 226 g/mol. The Morgan fingerprint density at radius 3 is 2.41 bits per heavy atom. The van der Waals surface area contributed by atoms with Crippen LogP contribution in [0.3, 0.4) is 0 Å². The second-order valence-electron chi connectivity index (χ2n) is 4.26. The molecule has 5 heteroatoms. The van der Waals surface area contributed by atoms with Crippen LogP contribution in [0.5, 0.6) is 0 Å². The minimum Gasteiger partial charge on any atom is -0.335 e. The third-order valence-corrected chi connectivity index (χ3v) is 2.54. The van der Waals surface area contributed by atoms with Crippen molar-refractivity contribution in [3.8, 4) is 0 Å². The summed E-state index contributed by atoms with van der Waals surface area (Å²) in [6, 6.07) is 2.46. The highest BCUT2D eigenvalue weighted by atomic mass is 19.1. The summed E-state index contributed by atoms with van der Waals surface area (Å²) in [7, 11) is 0. The Morgan fingerprint density at radius 1 is 1.24 bits per heavy atom. The smallest absolute Gasteiger partial charge is 0.319 e. The van der Waals surface area contributed by atoms with Crippen molar-refractivity contribution in [1.29, 1.82) is 0 Å². The summed E-state index contributed by atoms with van der Waals surface area (Å²) in [5, 5.41) is 4.99. The Balaban J connectivity index is 2.62. The molecule has 0 aliphatic rings. The molecule has 1 unspecified atom stereocenters. The van der Waals surface area contributed by atoms with E-state index < -0.39 is 17.7 Å². The number of nitrogens with one attached hydrogen (secondary N) is 2. The average molecular weight is 242 g/mol. The van der Waals surface area contributed by atoms with Gasteiger partial charge in [-0.2, -0.15) is 0 Å². The van der Waals surface area contributed by atoms with Gasteiger partial charge in [-0.15, -0.1) is 0 Å². The quantitative estimate of drug-likeness (QED) is 0.840. The fourth-order valence-electron chi connectivity index (χ4n) is 1.12. The summed E-state index contributed by atoms with van der Waals surface area (Å²) in [6.07, 6.45) is 0. The second-order valence-corrected chi connectivity index (χ2v) is 4.26. The highest BCUT2D eigenvalue weighted by Crippen LogP contribution is 2.14. The van der Waals surface area contributed by atoms with Gasteiger partial charge in [0.1, 0.15) is 11.6 Å². The predicted octanol–water partition coefficient (Wildman–Crippen LogP) is 3.13. The molecule has 1 rings (SSSR count). The van der Waals surface area contributed by atoms with Crippen molar-refractivity contribution in [1.82, 2.24) is 5.32 Å². The van der Waals surface area contributed by atoms with Gasteiger partial charge in [0.2, 0.25) is 0 Å². The molecule has 0 heterocycles. The Bertz CT molecular complexity index is 407. The molecule has 1 aromatic carbocycles. The lowest BCUT2D eigenvalue weighted by Gasteiger charge is -2.17. The van der Waals surface area contributed by atoms with Gasteiger partial charge in [0.05, 0.1) is 5.69 Å². The molecule has 0 radical (unpaired) electrons. The molecule has 0 saturated heterocycles. The summed E-state index contributed by atoms with van der Waals surface area (Å²) in [5.74, 6) is -1.19. The van der Waals surface area contributed by atoms with E-state index in [2.05, 4.69) is 10.6 Å². The Hall–Kier alpha value is -1.65. The van der Waals surface area contributed by atoms with Crippen molar-refractivity contribution in [3.63, 3.8) is 0 Å². The molecule has 0 fully saturated rings. The largest absolute Gasteiger partial charge is 0.335 e. The molecule has 0 saturated carbocycles. The summed E-state index contributed by atoms with van der Waals surface area (Å²) < 4.78 is 25.9. The summed E-state index contributed by atoms with van der Waals surface area (Å²) >= 11 is 0. The van der Waals surface area contributed by atoms with Crippen LogP contribution in [0.15, 0.2) is 18.2 Å². The summed E-state index contributed by atoms with van der Waals surface area (Å²) in [4.78, 5) is 11.5. The zero-order chi connectivity index (χ0) is 13.0. The number of amides is 2. The fourth-order valence-corrected chi connectivity index (χ4v) is 1.12. The average Bonchev–Trinajstić information content (AvgIpc) is 2.22. The van der Waals surface area contributed by atoms with Crippen LogP contribution in [0.2, 0.25) is 0 Å². The van der Waals surface area contributed by atoms with Gasteiger partial charge in [0.25, 0.3) is 0 Å². The Morgan fingerprint density at radius 2 is 1.88 bits per heavy atom. The third-order valence-electron chi connectivity index (χ3n) is 2.54. The first-order valence-electron chi connectivity index (χ1n) is 5.42. The molecule has 17 heavy (non-hydrogen) atoms. The molecule has 2 N–H and O–H groups in total. The van der Waals surface area contributed by atoms with E-state index in [-0.39, 0.29) is 17.6 Å². The summed E-state index contributed by atoms with van der Waals surface area (Å²) in [5.41, 5.74) is -0.0418. The predicted molar refractivity (Wildman–Crippen MR) is 62.8 cm³/mol. The molecule has 1 aromatic rings. The molecule has 3 nitrogen and oxygen atoms in total. The normalized spacial score (nSPS) is 12.4. The van der Waals surface area contributed by atoms with Crippen LogP contribution in [0, 0.1) is 17.6 Å². The number of benzene rings is 1. The number of rotatable bonds is 3. The molecule has 1 atom stereocenters.